The number of Topliss-reactive ketones (excluding diaryl/α,β-unsaturated/α-hetero) is 1. The number of ketones is 1. The maximum absolute atomic E-state index is 12.4. The summed E-state index contributed by atoms with van der Waals surface area (Å²) < 4.78 is 0. The van der Waals surface area contributed by atoms with E-state index in [2.05, 4.69) is 10.2 Å². The van der Waals surface area contributed by atoms with Crippen LogP contribution in [0.2, 0.25) is 0 Å². The highest BCUT2D eigenvalue weighted by Gasteiger charge is 2.32. The molecule has 7 nitrogen and oxygen atoms in total. The van der Waals surface area contributed by atoms with Gasteiger partial charge in [-0.1, -0.05) is 0 Å². The fraction of sp³-hybridized carbons (Fsp3) is 0.500. The first kappa shape index (κ1) is 17.3. The minimum absolute atomic E-state index is 0.0162. The van der Waals surface area contributed by atoms with Crippen LogP contribution in [0.4, 0.5) is 10.5 Å². The number of piperazine rings is 1. The minimum atomic E-state index is -0.394. The number of amides is 3. The number of carbonyl (C=O) groups excluding carboxylic acids is 3. The lowest BCUT2D eigenvalue weighted by Gasteiger charge is -2.36. The number of nitrogens with zero attached hydrogens (tertiary/aromatic N) is 3. The van der Waals surface area contributed by atoms with E-state index in [0.29, 0.717) is 31.6 Å². The van der Waals surface area contributed by atoms with E-state index in [4.69, 9.17) is 0 Å². The average molecular weight is 344 g/mol. The molecule has 0 saturated carbocycles. The number of likely N-dealkylation sites (N-methyl/N-ethyl adjacent to an activating group) is 1. The lowest BCUT2D eigenvalue weighted by molar-refractivity contribution is -0.128. The number of rotatable bonds is 3. The summed E-state index contributed by atoms with van der Waals surface area (Å²) in [7, 11) is 1.75. The second-order valence-corrected chi connectivity index (χ2v) is 6.63. The monoisotopic (exact) mass is 344 g/mol. The second kappa shape index (κ2) is 7.13. The van der Waals surface area contributed by atoms with Gasteiger partial charge in [0.2, 0.25) is 5.91 Å². The van der Waals surface area contributed by atoms with E-state index in [1.807, 2.05) is 24.3 Å². The van der Waals surface area contributed by atoms with Gasteiger partial charge < -0.3 is 20.0 Å². The Balaban J connectivity index is 1.52. The zero-order valence-electron chi connectivity index (χ0n) is 14.7. The van der Waals surface area contributed by atoms with E-state index < -0.39 is 6.04 Å². The molecule has 3 amide bonds. The lowest BCUT2D eigenvalue weighted by atomic mass is 10.1. The molecule has 0 bridgehead atoms. The quantitative estimate of drug-likeness (QED) is 0.829. The van der Waals surface area contributed by atoms with Crippen LogP contribution in [0.3, 0.4) is 0 Å². The van der Waals surface area contributed by atoms with E-state index in [-0.39, 0.29) is 17.7 Å². The number of carbonyl (C=O) groups is 3. The van der Waals surface area contributed by atoms with Gasteiger partial charge in [0.15, 0.2) is 5.78 Å². The number of nitrogens with one attached hydrogen (secondary N) is 1. The summed E-state index contributed by atoms with van der Waals surface area (Å²) in [6, 6.07) is 6.99. The molecule has 2 aliphatic heterocycles. The number of likely N-dealkylation sites (tertiary alicyclic amines) is 1. The van der Waals surface area contributed by atoms with Gasteiger partial charge in [0.1, 0.15) is 6.04 Å². The van der Waals surface area contributed by atoms with Crippen LogP contribution in [0, 0.1) is 0 Å². The van der Waals surface area contributed by atoms with Gasteiger partial charge in [-0.3, -0.25) is 9.59 Å². The van der Waals surface area contributed by atoms with Gasteiger partial charge in [-0.15, -0.1) is 0 Å². The number of benzene rings is 1. The summed E-state index contributed by atoms with van der Waals surface area (Å²) in [5.41, 5.74) is 1.76. The summed E-state index contributed by atoms with van der Waals surface area (Å²) in [6.45, 7) is 4.91. The van der Waals surface area contributed by atoms with Crippen LogP contribution in [0.1, 0.15) is 23.7 Å². The van der Waals surface area contributed by atoms with E-state index in [9.17, 15) is 14.4 Å². The Morgan fingerprint density at radius 2 is 1.68 bits per heavy atom. The van der Waals surface area contributed by atoms with E-state index in [1.165, 1.54) is 0 Å². The van der Waals surface area contributed by atoms with Gasteiger partial charge in [0, 0.05) is 51.0 Å². The summed E-state index contributed by atoms with van der Waals surface area (Å²) >= 11 is 0. The van der Waals surface area contributed by atoms with Gasteiger partial charge in [0.25, 0.3) is 0 Å². The third kappa shape index (κ3) is 3.75. The second-order valence-electron chi connectivity index (χ2n) is 6.63. The van der Waals surface area contributed by atoms with Gasteiger partial charge in [-0.05, 0) is 37.6 Å². The van der Waals surface area contributed by atoms with Crippen LogP contribution >= 0.6 is 0 Å². The van der Waals surface area contributed by atoms with Crippen molar-refractivity contribution in [2.24, 2.45) is 0 Å². The maximum atomic E-state index is 12.4. The van der Waals surface area contributed by atoms with Gasteiger partial charge in [0.05, 0.1) is 0 Å². The number of hydrogen-bond acceptors (Lipinski definition) is 4. The number of anilines is 1. The third-order valence-corrected chi connectivity index (χ3v) is 4.93. The Morgan fingerprint density at radius 1 is 1.04 bits per heavy atom. The zero-order valence-corrected chi connectivity index (χ0v) is 14.7. The SMILES string of the molecule is CC(=O)c1ccc(N2CCN(C(=O)NC3CCN(C)C3=O)CC2)cc1. The van der Waals surface area contributed by atoms with Crippen molar-refractivity contribution in [3.8, 4) is 0 Å². The topological polar surface area (TPSA) is 73.0 Å². The van der Waals surface area contributed by atoms with Crippen molar-refractivity contribution in [2.45, 2.75) is 19.4 Å². The Kier molecular flexibility index (Phi) is 4.92. The Bertz CT molecular complexity index is 665. The molecular formula is C18H24N4O3. The molecule has 1 atom stereocenters. The molecule has 0 aromatic heterocycles. The highest BCUT2D eigenvalue weighted by Crippen LogP contribution is 2.18. The molecule has 2 fully saturated rings. The Hall–Kier alpha value is -2.57. The minimum Gasteiger partial charge on any atom is -0.368 e. The van der Waals surface area contributed by atoms with E-state index >= 15 is 0 Å². The summed E-state index contributed by atoms with van der Waals surface area (Å²) in [6.07, 6.45) is 0.670. The van der Waals surface area contributed by atoms with Crippen molar-refractivity contribution < 1.29 is 14.4 Å². The number of urea groups is 1. The fourth-order valence-corrected chi connectivity index (χ4v) is 3.27. The predicted molar refractivity (Wildman–Crippen MR) is 94.8 cm³/mol. The zero-order chi connectivity index (χ0) is 18.0. The smallest absolute Gasteiger partial charge is 0.318 e. The largest absolute Gasteiger partial charge is 0.368 e. The van der Waals surface area contributed by atoms with E-state index in [0.717, 1.165) is 18.8 Å². The molecular weight excluding hydrogens is 320 g/mol. The van der Waals surface area contributed by atoms with Crippen molar-refractivity contribution in [3.05, 3.63) is 29.8 Å². The molecule has 0 aliphatic carbocycles. The molecule has 134 valence electrons. The molecule has 2 aliphatic rings. The van der Waals surface area contributed by atoms with Crippen LogP contribution in [0.5, 0.6) is 0 Å². The van der Waals surface area contributed by atoms with Gasteiger partial charge >= 0.3 is 6.03 Å². The van der Waals surface area contributed by atoms with Gasteiger partial charge in [-0.2, -0.15) is 0 Å². The molecule has 0 radical (unpaired) electrons. The maximum Gasteiger partial charge on any atom is 0.318 e. The van der Waals surface area contributed by atoms with Crippen molar-refractivity contribution in [2.75, 3.05) is 44.7 Å². The van der Waals surface area contributed by atoms with Crippen molar-refractivity contribution >= 4 is 23.4 Å². The van der Waals surface area contributed by atoms with Crippen LogP contribution in [0.15, 0.2) is 24.3 Å². The molecule has 3 rings (SSSR count). The summed E-state index contributed by atoms with van der Waals surface area (Å²) in [4.78, 5) is 41.2. The third-order valence-electron chi connectivity index (χ3n) is 4.93. The molecule has 2 saturated heterocycles. The first-order chi connectivity index (χ1) is 12.0. The molecule has 1 aromatic carbocycles. The first-order valence-electron chi connectivity index (χ1n) is 8.62. The fourth-order valence-electron chi connectivity index (χ4n) is 3.27. The highest BCUT2D eigenvalue weighted by molar-refractivity contribution is 5.94. The molecule has 2 heterocycles. The van der Waals surface area contributed by atoms with Crippen LogP contribution in [-0.2, 0) is 4.79 Å². The van der Waals surface area contributed by atoms with Crippen molar-refractivity contribution in [1.82, 2.24) is 15.1 Å². The van der Waals surface area contributed by atoms with Crippen LogP contribution in [0.25, 0.3) is 0 Å². The van der Waals surface area contributed by atoms with Crippen LogP contribution in [-0.4, -0.2) is 73.3 Å². The Labute approximate surface area is 147 Å². The Morgan fingerprint density at radius 3 is 2.20 bits per heavy atom. The van der Waals surface area contributed by atoms with Crippen molar-refractivity contribution in [1.29, 1.82) is 0 Å². The van der Waals surface area contributed by atoms with Crippen LogP contribution < -0.4 is 10.2 Å². The predicted octanol–water partition coefficient (Wildman–Crippen LogP) is 0.952. The highest BCUT2D eigenvalue weighted by atomic mass is 16.2. The molecule has 7 heteroatoms. The molecule has 1 unspecified atom stereocenters. The lowest BCUT2D eigenvalue weighted by Crippen LogP contribution is -2.54. The standard InChI is InChI=1S/C18H24N4O3/c1-13(23)14-3-5-15(6-4-14)21-9-11-22(12-10-21)18(25)19-16-7-8-20(2)17(16)24/h3-6,16H,7-12H2,1-2H3,(H,19,25). The molecule has 1 N–H and O–H groups in total. The average Bonchev–Trinajstić information content (AvgIpc) is 2.94. The van der Waals surface area contributed by atoms with Crippen molar-refractivity contribution in [3.63, 3.8) is 0 Å². The summed E-state index contributed by atoms with van der Waals surface area (Å²) in [5.74, 6) is 0.0395. The first-order valence-corrected chi connectivity index (χ1v) is 8.62. The van der Waals surface area contributed by atoms with E-state index in [1.54, 1.807) is 23.8 Å². The number of hydrogen-bond donors (Lipinski definition) is 1. The summed E-state index contributed by atoms with van der Waals surface area (Å²) in [5, 5.41) is 2.84. The normalized spacial score (nSPS) is 20.8. The molecule has 25 heavy (non-hydrogen) atoms. The van der Waals surface area contributed by atoms with Gasteiger partial charge in [-0.25, -0.2) is 4.79 Å². The molecule has 0 spiro atoms. The molecule has 1 aromatic rings.